The van der Waals surface area contributed by atoms with Crippen LogP contribution in [-0.2, 0) is 16.7 Å². The Morgan fingerprint density at radius 2 is 2.30 bits per heavy atom. The summed E-state index contributed by atoms with van der Waals surface area (Å²) in [4.78, 5) is 13.1. The van der Waals surface area contributed by atoms with Gasteiger partial charge in [0, 0.05) is 18.5 Å². The van der Waals surface area contributed by atoms with Gasteiger partial charge in [0.1, 0.15) is 12.2 Å². The van der Waals surface area contributed by atoms with Crippen molar-refractivity contribution in [3.05, 3.63) is 35.4 Å². The van der Waals surface area contributed by atoms with E-state index in [-0.39, 0.29) is 17.3 Å². The fourth-order valence-corrected chi connectivity index (χ4v) is 4.13. The van der Waals surface area contributed by atoms with E-state index < -0.39 is 12.3 Å². The van der Waals surface area contributed by atoms with E-state index in [1.165, 1.54) is 0 Å². The van der Waals surface area contributed by atoms with Crippen molar-refractivity contribution >= 4 is 6.16 Å². The van der Waals surface area contributed by atoms with Gasteiger partial charge in [-0.05, 0) is 37.7 Å². The second kappa shape index (κ2) is 4.89. The van der Waals surface area contributed by atoms with Crippen LogP contribution in [0.1, 0.15) is 24.0 Å². The highest BCUT2D eigenvalue weighted by Crippen LogP contribution is 2.55. The molecule has 1 aromatic carbocycles. The molecule has 0 aromatic heterocycles. The van der Waals surface area contributed by atoms with E-state index >= 15 is 0 Å². The summed E-state index contributed by atoms with van der Waals surface area (Å²) in [6.07, 6.45) is 3.17. The van der Waals surface area contributed by atoms with Crippen molar-refractivity contribution in [1.29, 1.82) is 0 Å². The lowest BCUT2D eigenvalue weighted by Crippen LogP contribution is -2.43. The molecule has 0 saturated carbocycles. The molecule has 0 saturated heterocycles. The van der Waals surface area contributed by atoms with E-state index in [1.807, 2.05) is 18.2 Å². The second-order valence-electron chi connectivity index (χ2n) is 6.60. The van der Waals surface area contributed by atoms with E-state index in [4.69, 9.17) is 14.6 Å². The Bertz CT molecular complexity index is 700. The Labute approximate surface area is 133 Å². The molecule has 122 valence electrons. The van der Waals surface area contributed by atoms with Crippen LogP contribution in [-0.4, -0.2) is 47.1 Å². The van der Waals surface area contributed by atoms with Gasteiger partial charge in [-0.25, -0.2) is 4.79 Å². The summed E-state index contributed by atoms with van der Waals surface area (Å²) in [5, 5.41) is 19.1. The fraction of sp³-hybridized carbons (Fsp3) is 0.471. The molecule has 0 fully saturated rings. The summed E-state index contributed by atoms with van der Waals surface area (Å²) in [6.45, 7) is 1.72. The fourth-order valence-electron chi connectivity index (χ4n) is 4.13. The van der Waals surface area contributed by atoms with Crippen LogP contribution >= 0.6 is 0 Å². The number of phenols is 1. The van der Waals surface area contributed by atoms with Gasteiger partial charge >= 0.3 is 6.16 Å². The molecule has 6 heteroatoms. The summed E-state index contributed by atoms with van der Waals surface area (Å²) in [5.74, 6) is 0.689. The van der Waals surface area contributed by atoms with Crippen molar-refractivity contribution in [2.24, 2.45) is 0 Å². The molecular formula is C17H19NO5. The largest absolute Gasteiger partial charge is 0.506 e. The Kier molecular flexibility index (Phi) is 3.06. The molecule has 2 unspecified atom stereocenters. The van der Waals surface area contributed by atoms with Gasteiger partial charge in [0.05, 0.1) is 5.41 Å². The highest BCUT2D eigenvalue weighted by Gasteiger charge is 2.53. The lowest BCUT2D eigenvalue weighted by atomic mass is 9.69. The van der Waals surface area contributed by atoms with Gasteiger partial charge in [0.2, 0.25) is 0 Å². The number of phenolic OH excluding ortho intramolecular Hbond substituents is 1. The molecule has 3 atom stereocenters. The summed E-state index contributed by atoms with van der Waals surface area (Å²) in [7, 11) is 2.08. The van der Waals surface area contributed by atoms with Crippen LogP contribution in [0.4, 0.5) is 4.79 Å². The van der Waals surface area contributed by atoms with Crippen molar-refractivity contribution < 1.29 is 24.5 Å². The summed E-state index contributed by atoms with van der Waals surface area (Å²) in [5.41, 5.74) is 1.89. The molecule has 1 spiro atoms. The molecule has 0 bridgehead atoms. The maximum absolute atomic E-state index is 10.8. The zero-order valence-electron chi connectivity index (χ0n) is 12.9. The Morgan fingerprint density at radius 1 is 1.48 bits per heavy atom. The summed E-state index contributed by atoms with van der Waals surface area (Å²) in [6, 6.07) is 3.63. The Hall–Kier alpha value is -2.21. The molecule has 2 heterocycles. The van der Waals surface area contributed by atoms with Crippen molar-refractivity contribution in [3.8, 4) is 11.5 Å². The number of hydrogen-bond donors (Lipinski definition) is 2. The van der Waals surface area contributed by atoms with Gasteiger partial charge in [-0.2, -0.15) is 0 Å². The molecule has 6 nitrogen and oxygen atoms in total. The molecule has 0 amide bonds. The predicted octanol–water partition coefficient (Wildman–Crippen LogP) is 2.25. The first-order valence-corrected chi connectivity index (χ1v) is 7.79. The van der Waals surface area contributed by atoms with Crippen molar-refractivity contribution in [1.82, 2.24) is 4.90 Å². The number of hydrogen-bond acceptors (Lipinski definition) is 5. The molecular weight excluding hydrogens is 298 g/mol. The summed E-state index contributed by atoms with van der Waals surface area (Å²) < 4.78 is 11.0. The van der Waals surface area contributed by atoms with Gasteiger partial charge in [-0.15, -0.1) is 0 Å². The molecule has 4 rings (SSSR count). The number of benzene rings is 1. The van der Waals surface area contributed by atoms with Gasteiger partial charge in [-0.3, -0.25) is 0 Å². The SMILES string of the molecule is CN1CC[C@@]23C=CC(OC(=O)O)CC2Oc2c(O)ccc(c23)C1. The zero-order chi connectivity index (χ0) is 16.2. The number of nitrogens with zero attached hydrogens (tertiary/aromatic N) is 1. The molecule has 2 aliphatic heterocycles. The maximum atomic E-state index is 10.8. The smallest absolute Gasteiger partial charge is 0.504 e. The maximum Gasteiger partial charge on any atom is 0.506 e. The summed E-state index contributed by atoms with van der Waals surface area (Å²) >= 11 is 0. The van der Waals surface area contributed by atoms with Crippen LogP contribution in [0.2, 0.25) is 0 Å². The molecule has 1 aromatic rings. The minimum absolute atomic E-state index is 0.145. The molecule has 2 N–H and O–H groups in total. The van der Waals surface area contributed by atoms with Crippen molar-refractivity contribution in [2.75, 3.05) is 13.6 Å². The van der Waals surface area contributed by atoms with E-state index in [0.717, 1.165) is 30.6 Å². The Morgan fingerprint density at radius 3 is 3.09 bits per heavy atom. The lowest BCUT2D eigenvalue weighted by molar-refractivity contribution is 0.0338. The van der Waals surface area contributed by atoms with E-state index in [9.17, 15) is 9.90 Å². The minimum Gasteiger partial charge on any atom is -0.504 e. The van der Waals surface area contributed by atoms with Gasteiger partial charge in [0.15, 0.2) is 11.5 Å². The van der Waals surface area contributed by atoms with Crippen LogP contribution in [0.5, 0.6) is 11.5 Å². The lowest BCUT2D eigenvalue weighted by Gasteiger charge is -2.36. The van der Waals surface area contributed by atoms with Crippen molar-refractivity contribution in [3.63, 3.8) is 0 Å². The van der Waals surface area contributed by atoms with Crippen LogP contribution in [0, 0.1) is 0 Å². The standard InChI is InChI=1S/C17H19NO5/c1-18-7-6-17-5-4-11(22-16(20)21)8-13(17)23-15-12(19)3-2-10(9-18)14(15)17/h2-5,11,13,19H,6-9H2,1H3,(H,20,21)/t11?,13?,17-/m0/s1. The first-order valence-electron chi connectivity index (χ1n) is 7.79. The number of rotatable bonds is 1. The highest BCUT2D eigenvalue weighted by molar-refractivity contribution is 5.61. The normalized spacial score (nSPS) is 31.7. The number of carbonyl (C=O) groups is 1. The molecule has 3 aliphatic rings. The van der Waals surface area contributed by atoms with Gasteiger partial charge in [0.25, 0.3) is 0 Å². The first-order chi connectivity index (χ1) is 11.0. The van der Waals surface area contributed by atoms with E-state index in [0.29, 0.717) is 12.2 Å². The monoisotopic (exact) mass is 317 g/mol. The minimum atomic E-state index is -1.28. The van der Waals surface area contributed by atoms with E-state index in [1.54, 1.807) is 6.07 Å². The third-order valence-electron chi connectivity index (χ3n) is 5.18. The van der Waals surface area contributed by atoms with E-state index in [2.05, 4.69) is 11.9 Å². The number of aromatic hydroxyl groups is 1. The topological polar surface area (TPSA) is 79.2 Å². The third-order valence-corrected chi connectivity index (χ3v) is 5.18. The molecule has 23 heavy (non-hydrogen) atoms. The van der Waals surface area contributed by atoms with Crippen LogP contribution in [0.15, 0.2) is 24.3 Å². The predicted molar refractivity (Wildman–Crippen MR) is 81.8 cm³/mol. The average molecular weight is 317 g/mol. The first kappa shape index (κ1) is 14.4. The highest BCUT2D eigenvalue weighted by atomic mass is 16.7. The third kappa shape index (κ3) is 2.09. The van der Waals surface area contributed by atoms with Crippen LogP contribution in [0.25, 0.3) is 0 Å². The van der Waals surface area contributed by atoms with Crippen LogP contribution in [0.3, 0.4) is 0 Å². The zero-order valence-corrected chi connectivity index (χ0v) is 12.9. The van der Waals surface area contributed by atoms with Crippen molar-refractivity contribution in [2.45, 2.75) is 37.0 Å². The quantitative estimate of drug-likeness (QED) is 0.611. The van der Waals surface area contributed by atoms with Crippen LogP contribution < -0.4 is 4.74 Å². The molecule has 1 aliphatic carbocycles. The Balaban J connectivity index is 1.82. The van der Waals surface area contributed by atoms with Gasteiger partial charge < -0.3 is 24.6 Å². The second-order valence-corrected chi connectivity index (χ2v) is 6.60. The number of ether oxygens (including phenoxy) is 2. The molecule has 0 radical (unpaired) electrons. The number of carboxylic acid groups (broad SMARTS) is 1. The van der Waals surface area contributed by atoms with Gasteiger partial charge in [-0.1, -0.05) is 12.1 Å². The average Bonchev–Trinajstić information content (AvgIpc) is 2.76.